The van der Waals surface area contributed by atoms with E-state index in [4.69, 9.17) is 21.1 Å². The number of nitro groups is 1. The fraction of sp³-hybridized carbons (Fsp3) is 0.167. The normalized spacial score (nSPS) is 10.7. The first-order chi connectivity index (χ1) is 12.4. The maximum absolute atomic E-state index is 12.0. The van der Waals surface area contributed by atoms with Gasteiger partial charge < -0.3 is 14.0 Å². The molecule has 0 unspecified atom stereocenters. The van der Waals surface area contributed by atoms with Gasteiger partial charge in [-0.15, -0.1) is 0 Å². The van der Waals surface area contributed by atoms with Crippen molar-refractivity contribution in [3.8, 4) is 11.5 Å². The molecule has 26 heavy (non-hydrogen) atoms. The highest BCUT2D eigenvalue weighted by atomic mass is 35.5. The second-order valence-electron chi connectivity index (χ2n) is 5.50. The van der Waals surface area contributed by atoms with E-state index >= 15 is 0 Å². The molecular weight excluding hydrogens is 360 g/mol. The lowest BCUT2D eigenvalue weighted by Crippen LogP contribution is -2.09. The number of nitrogens with zero attached hydrogens (tertiary/aromatic N) is 2. The SMILES string of the molecule is CCOC(=O)c1cc2c(Cl)cc(Oc3ccc([N+](=O)[O-])cc3)cc2n1C. The van der Waals surface area contributed by atoms with E-state index in [9.17, 15) is 14.9 Å². The molecule has 0 aliphatic rings. The molecule has 0 spiro atoms. The molecule has 0 bridgehead atoms. The van der Waals surface area contributed by atoms with Crippen LogP contribution in [0.2, 0.25) is 5.02 Å². The Kier molecular flexibility index (Phi) is 4.81. The van der Waals surface area contributed by atoms with Crippen LogP contribution in [0, 0.1) is 10.1 Å². The fourth-order valence-corrected chi connectivity index (χ4v) is 2.85. The molecule has 0 fully saturated rings. The van der Waals surface area contributed by atoms with Crippen LogP contribution in [0.1, 0.15) is 17.4 Å². The summed E-state index contributed by atoms with van der Waals surface area (Å²) < 4.78 is 12.5. The Morgan fingerprint density at radius 3 is 2.50 bits per heavy atom. The summed E-state index contributed by atoms with van der Waals surface area (Å²) in [4.78, 5) is 22.3. The number of aryl methyl sites for hydroxylation is 1. The van der Waals surface area contributed by atoms with Crippen LogP contribution in [0.5, 0.6) is 11.5 Å². The topological polar surface area (TPSA) is 83.6 Å². The summed E-state index contributed by atoms with van der Waals surface area (Å²) in [7, 11) is 1.74. The zero-order valence-corrected chi connectivity index (χ0v) is 14.8. The number of fused-ring (bicyclic) bond motifs is 1. The Hall–Kier alpha value is -3.06. The zero-order chi connectivity index (χ0) is 18.8. The Labute approximate surface area is 153 Å². The molecule has 0 saturated carbocycles. The van der Waals surface area contributed by atoms with Crippen molar-refractivity contribution in [2.24, 2.45) is 7.05 Å². The largest absolute Gasteiger partial charge is 0.461 e. The van der Waals surface area contributed by atoms with E-state index in [-0.39, 0.29) is 12.3 Å². The molecule has 0 aliphatic carbocycles. The van der Waals surface area contributed by atoms with Crippen molar-refractivity contribution in [1.82, 2.24) is 4.57 Å². The minimum atomic E-state index is -0.479. The van der Waals surface area contributed by atoms with Gasteiger partial charge in [0, 0.05) is 36.7 Å². The summed E-state index contributed by atoms with van der Waals surface area (Å²) in [6.07, 6.45) is 0. The van der Waals surface area contributed by atoms with Gasteiger partial charge in [-0.1, -0.05) is 11.6 Å². The Morgan fingerprint density at radius 1 is 1.19 bits per heavy atom. The van der Waals surface area contributed by atoms with Gasteiger partial charge in [0.05, 0.1) is 22.1 Å². The number of hydrogen-bond acceptors (Lipinski definition) is 5. The molecule has 1 aromatic heterocycles. The third-order valence-corrected chi connectivity index (χ3v) is 4.17. The number of benzene rings is 2. The molecule has 0 aliphatic heterocycles. The summed E-state index contributed by atoms with van der Waals surface area (Å²) >= 11 is 6.33. The highest BCUT2D eigenvalue weighted by molar-refractivity contribution is 6.35. The maximum Gasteiger partial charge on any atom is 0.354 e. The smallest absolute Gasteiger partial charge is 0.354 e. The third kappa shape index (κ3) is 3.34. The third-order valence-electron chi connectivity index (χ3n) is 3.85. The van der Waals surface area contributed by atoms with Crippen LogP contribution in [0.25, 0.3) is 10.9 Å². The van der Waals surface area contributed by atoms with Crippen molar-refractivity contribution in [2.75, 3.05) is 6.61 Å². The molecule has 7 nitrogen and oxygen atoms in total. The fourth-order valence-electron chi connectivity index (χ4n) is 2.59. The number of carbonyl (C=O) groups is 1. The Morgan fingerprint density at radius 2 is 1.88 bits per heavy atom. The lowest BCUT2D eigenvalue weighted by Gasteiger charge is -2.08. The molecule has 3 rings (SSSR count). The summed E-state index contributed by atoms with van der Waals surface area (Å²) in [6.45, 7) is 2.02. The first-order valence-electron chi connectivity index (χ1n) is 7.79. The van der Waals surface area contributed by atoms with Crippen LogP contribution < -0.4 is 4.74 Å². The molecule has 0 amide bonds. The number of halogens is 1. The average Bonchev–Trinajstić information content (AvgIpc) is 2.93. The van der Waals surface area contributed by atoms with E-state index in [1.165, 1.54) is 24.3 Å². The van der Waals surface area contributed by atoms with Crippen LogP contribution in [0.3, 0.4) is 0 Å². The second-order valence-corrected chi connectivity index (χ2v) is 5.91. The summed E-state index contributed by atoms with van der Waals surface area (Å²) in [5, 5.41) is 11.8. The Bertz CT molecular complexity index is 995. The molecule has 0 saturated heterocycles. The van der Waals surface area contributed by atoms with Gasteiger partial charge >= 0.3 is 5.97 Å². The molecule has 2 aromatic carbocycles. The maximum atomic E-state index is 12.0. The lowest BCUT2D eigenvalue weighted by atomic mass is 10.2. The standard InChI is InChI=1S/C18H15ClN2O5/c1-3-25-18(22)17-10-14-15(19)8-13(9-16(14)20(17)2)26-12-6-4-11(5-7-12)21(23)24/h4-10H,3H2,1-2H3. The van der Waals surface area contributed by atoms with E-state index < -0.39 is 10.9 Å². The van der Waals surface area contributed by atoms with Crippen molar-refractivity contribution < 1.29 is 19.2 Å². The van der Waals surface area contributed by atoms with Gasteiger partial charge in [-0.3, -0.25) is 10.1 Å². The number of esters is 1. The quantitative estimate of drug-likeness (QED) is 0.367. The molecule has 0 N–H and O–H groups in total. The van der Waals surface area contributed by atoms with Crippen LogP contribution in [0.4, 0.5) is 5.69 Å². The van der Waals surface area contributed by atoms with E-state index in [1.54, 1.807) is 36.7 Å². The molecule has 134 valence electrons. The minimum absolute atomic E-state index is 0.0210. The molecular formula is C18H15ClN2O5. The van der Waals surface area contributed by atoms with Gasteiger partial charge in [-0.05, 0) is 25.1 Å². The predicted octanol–water partition coefficient (Wildman–Crippen LogP) is 4.71. The molecule has 8 heteroatoms. The average molecular weight is 375 g/mol. The van der Waals surface area contributed by atoms with E-state index in [0.29, 0.717) is 33.1 Å². The number of non-ortho nitro benzene ring substituents is 1. The number of carbonyl (C=O) groups excluding carboxylic acids is 1. The second kappa shape index (κ2) is 7.05. The van der Waals surface area contributed by atoms with E-state index in [1.807, 2.05) is 0 Å². The number of ether oxygens (including phenoxy) is 2. The summed E-state index contributed by atoms with van der Waals surface area (Å²) in [6, 6.07) is 10.8. The highest BCUT2D eigenvalue weighted by Gasteiger charge is 2.17. The first kappa shape index (κ1) is 17.8. The molecule has 3 aromatic rings. The molecule has 0 atom stereocenters. The summed E-state index contributed by atoms with van der Waals surface area (Å²) in [5.41, 5.74) is 1.07. The summed E-state index contributed by atoms with van der Waals surface area (Å²) in [5.74, 6) is 0.457. The highest BCUT2D eigenvalue weighted by Crippen LogP contribution is 2.34. The van der Waals surface area contributed by atoms with Gasteiger partial charge in [0.2, 0.25) is 0 Å². The van der Waals surface area contributed by atoms with Gasteiger partial charge in [0.15, 0.2) is 0 Å². The Balaban J connectivity index is 1.96. The van der Waals surface area contributed by atoms with Gasteiger partial charge in [-0.2, -0.15) is 0 Å². The van der Waals surface area contributed by atoms with Gasteiger partial charge in [0.25, 0.3) is 5.69 Å². The van der Waals surface area contributed by atoms with Crippen molar-refractivity contribution in [3.63, 3.8) is 0 Å². The number of nitro benzene ring substituents is 1. The van der Waals surface area contributed by atoms with Gasteiger partial charge in [0.1, 0.15) is 17.2 Å². The lowest BCUT2D eigenvalue weighted by molar-refractivity contribution is -0.384. The van der Waals surface area contributed by atoms with E-state index in [2.05, 4.69) is 0 Å². The van der Waals surface area contributed by atoms with Crippen molar-refractivity contribution in [2.45, 2.75) is 6.92 Å². The molecule has 1 heterocycles. The van der Waals surface area contributed by atoms with Crippen LogP contribution in [-0.4, -0.2) is 22.1 Å². The molecule has 0 radical (unpaired) electrons. The zero-order valence-electron chi connectivity index (χ0n) is 14.1. The predicted molar refractivity (Wildman–Crippen MR) is 97.1 cm³/mol. The van der Waals surface area contributed by atoms with Crippen molar-refractivity contribution in [1.29, 1.82) is 0 Å². The number of aromatic nitrogens is 1. The van der Waals surface area contributed by atoms with Crippen molar-refractivity contribution in [3.05, 3.63) is 63.3 Å². The van der Waals surface area contributed by atoms with Crippen LogP contribution in [0.15, 0.2) is 42.5 Å². The van der Waals surface area contributed by atoms with Crippen LogP contribution >= 0.6 is 11.6 Å². The van der Waals surface area contributed by atoms with Crippen molar-refractivity contribution >= 4 is 34.2 Å². The number of hydrogen-bond donors (Lipinski definition) is 0. The van der Waals surface area contributed by atoms with E-state index in [0.717, 1.165) is 0 Å². The van der Waals surface area contributed by atoms with Crippen LogP contribution in [-0.2, 0) is 11.8 Å². The number of rotatable bonds is 5. The minimum Gasteiger partial charge on any atom is -0.461 e. The van der Waals surface area contributed by atoms with Gasteiger partial charge in [-0.25, -0.2) is 4.79 Å². The first-order valence-corrected chi connectivity index (χ1v) is 8.17. The monoisotopic (exact) mass is 374 g/mol.